The lowest BCUT2D eigenvalue weighted by Gasteiger charge is -2.19. The van der Waals surface area contributed by atoms with Gasteiger partial charge in [0.1, 0.15) is 5.60 Å². The highest BCUT2D eigenvalue weighted by molar-refractivity contribution is 7.10. The zero-order valence-corrected chi connectivity index (χ0v) is 13.4. The van der Waals surface area contributed by atoms with Gasteiger partial charge in [0.2, 0.25) is 0 Å². The highest BCUT2D eigenvalue weighted by atomic mass is 32.1. The Bertz CT molecular complexity index is 633. The molecule has 0 aliphatic heterocycles. The van der Waals surface area contributed by atoms with Gasteiger partial charge in [-0.3, -0.25) is 0 Å². The van der Waals surface area contributed by atoms with Crippen molar-refractivity contribution in [3.8, 4) is 0 Å². The molecule has 1 heterocycles. The zero-order valence-electron chi connectivity index (χ0n) is 12.6. The van der Waals surface area contributed by atoms with Crippen molar-refractivity contribution in [2.24, 2.45) is 10.7 Å². The van der Waals surface area contributed by atoms with E-state index in [9.17, 15) is 5.11 Å². The molecule has 0 saturated heterocycles. The molecule has 0 saturated carbocycles. The Balaban J connectivity index is 2.02. The van der Waals surface area contributed by atoms with Crippen LogP contribution < -0.4 is 11.1 Å². The maximum atomic E-state index is 10.4. The van der Waals surface area contributed by atoms with E-state index in [0.29, 0.717) is 5.96 Å². The van der Waals surface area contributed by atoms with Crippen molar-refractivity contribution in [3.05, 3.63) is 51.7 Å². The summed E-state index contributed by atoms with van der Waals surface area (Å²) in [6.07, 6.45) is 0. The van der Waals surface area contributed by atoms with E-state index in [1.54, 1.807) is 6.92 Å². The third kappa shape index (κ3) is 4.06. The minimum Gasteiger partial charge on any atom is -0.383 e. The first-order chi connectivity index (χ1) is 9.88. The molecule has 2 rings (SSSR count). The fourth-order valence-electron chi connectivity index (χ4n) is 1.91. The number of nitrogens with zero attached hydrogens (tertiary/aromatic N) is 1. The van der Waals surface area contributed by atoms with Gasteiger partial charge in [-0.15, -0.1) is 11.3 Å². The molecule has 1 atom stereocenters. The quantitative estimate of drug-likeness (QED) is 0.600. The Morgan fingerprint density at radius 3 is 2.71 bits per heavy atom. The highest BCUT2D eigenvalue weighted by Gasteiger charge is 2.23. The summed E-state index contributed by atoms with van der Waals surface area (Å²) in [7, 11) is 0. The van der Waals surface area contributed by atoms with E-state index >= 15 is 0 Å². The lowest BCUT2D eigenvalue weighted by molar-refractivity contribution is 0.0713. The molecule has 0 amide bonds. The Morgan fingerprint density at radius 1 is 1.33 bits per heavy atom. The van der Waals surface area contributed by atoms with Gasteiger partial charge in [-0.2, -0.15) is 0 Å². The summed E-state index contributed by atoms with van der Waals surface area (Å²) in [6.45, 7) is 6.08. The number of aryl methyl sites for hydroxylation is 2. The molecule has 1 aromatic heterocycles. The summed E-state index contributed by atoms with van der Waals surface area (Å²) in [5, 5.41) is 15.4. The van der Waals surface area contributed by atoms with E-state index < -0.39 is 5.60 Å². The summed E-state index contributed by atoms with van der Waals surface area (Å²) in [5.74, 6) is 0.301. The van der Waals surface area contributed by atoms with Crippen molar-refractivity contribution in [3.63, 3.8) is 0 Å². The van der Waals surface area contributed by atoms with Crippen molar-refractivity contribution < 1.29 is 5.11 Å². The molecular formula is C16H21N3OS. The average molecular weight is 303 g/mol. The van der Waals surface area contributed by atoms with Crippen LogP contribution in [0.2, 0.25) is 0 Å². The fourth-order valence-corrected chi connectivity index (χ4v) is 2.69. The third-order valence-electron chi connectivity index (χ3n) is 3.39. The number of nitrogens with one attached hydrogen (secondary N) is 1. The number of aliphatic hydroxyl groups is 1. The topological polar surface area (TPSA) is 70.6 Å². The first kappa shape index (κ1) is 15.5. The van der Waals surface area contributed by atoms with Crippen LogP contribution in [-0.4, -0.2) is 17.6 Å². The molecule has 1 unspecified atom stereocenters. The van der Waals surface area contributed by atoms with Crippen LogP contribution in [-0.2, 0) is 5.60 Å². The van der Waals surface area contributed by atoms with Crippen molar-refractivity contribution in [2.45, 2.75) is 26.4 Å². The van der Waals surface area contributed by atoms with E-state index in [1.165, 1.54) is 22.5 Å². The van der Waals surface area contributed by atoms with Gasteiger partial charge in [-0.1, -0.05) is 12.1 Å². The number of nitrogens with two attached hydrogens (primary N) is 1. The predicted octanol–water partition coefficient (Wildman–Crippen LogP) is 3.00. The van der Waals surface area contributed by atoms with Crippen molar-refractivity contribution in [1.29, 1.82) is 0 Å². The second-order valence-corrected chi connectivity index (χ2v) is 6.32. The average Bonchev–Trinajstić information content (AvgIpc) is 2.96. The largest absolute Gasteiger partial charge is 0.383 e. The third-order valence-corrected chi connectivity index (χ3v) is 4.51. The maximum absolute atomic E-state index is 10.4. The molecule has 1 aromatic carbocycles. The molecule has 0 aliphatic carbocycles. The molecule has 112 valence electrons. The van der Waals surface area contributed by atoms with Gasteiger partial charge in [0, 0.05) is 10.6 Å². The van der Waals surface area contributed by atoms with Gasteiger partial charge in [-0.05, 0) is 55.5 Å². The van der Waals surface area contributed by atoms with Gasteiger partial charge in [0.05, 0.1) is 6.54 Å². The molecule has 0 spiro atoms. The van der Waals surface area contributed by atoms with E-state index in [2.05, 4.69) is 24.2 Å². The molecule has 0 bridgehead atoms. The normalized spacial score (nSPS) is 14.8. The van der Waals surface area contributed by atoms with Crippen LogP contribution >= 0.6 is 11.3 Å². The number of hydrogen-bond donors (Lipinski definition) is 3. The van der Waals surface area contributed by atoms with Gasteiger partial charge in [0.15, 0.2) is 5.96 Å². The molecule has 21 heavy (non-hydrogen) atoms. The summed E-state index contributed by atoms with van der Waals surface area (Å²) in [6, 6.07) is 9.83. The predicted molar refractivity (Wildman–Crippen MR) is 89.9 cm³/mol. The summed E-state index contributed by atoms with van der Waals surface area (Å²) in [4.78, 5) is 5.12. The van der Waals surface area contributed by atoms with Crippen LogP contribution in [0.25, 0.3) is 0 Å². The Hall–Kier alpha value is -1.85. The lowest BCUT2D eigenvalue weighted by Crippen LogP contribution is -2.29. The molecule has 4 N–H and O–H groups in total. The SMILES string of the molecule is Cc1ccc(NC(N)=NCC(C)(O)c2cccs2)cc1C. The first-order valence-electron chi connectivity index (χ1n) is 6.79. The molecule has 0 fully saturated rings. The van der Waals surface area contributed by atoms with Gasteiger partial charge in [0.25, 0.3) is 0 Å². The second-order valence-electron chi connectivity index (χ2n) is 5.38. The van der Waals surface area contributed by atoms with E-state index in [-0.39, 0.29) is 6.54 Å². The minimum absolute atomic E-state index is 0.219. The van der Waals surface area contributed by atoms with Crippen LogP contribution in [0.1, 0.15) is 22.9 Å². The molecule has 0 radical (unpaired) electrons. The summed E-state index contributed by atoms with van der Waals surface area (Å²) in [5.41, 5.74) is 8.21. The smallest absolute Gasteiger partial charge is 0.193 e. The van der Waals surface area contributed by atoms with Crippen LogP contribution in [0.4, 0.5) is 5.69 Å². The van der Waals surface area contributed by atoms with Crippen molar-refractivity contribution >= 4 is 23.0 Å². The van der Waals surface area contributed by atoms with Crippen LogP contribution in [0.15, 0.2) is 40.7 Å². The summed E-state index contributed by atoms with van der Waals surface area (Å²) >= 11 is 1.51. The number of aliphatic imine (C=N–C) groups is 1. The standard InChI is InChI=1S/C16H21N3OS/c1-11-6-7-13(9-12(11)2)19-15(17)18-10-16(3,20)14-5-4-8-21-14/h4-9,20H,10H2,1-3H3,(H3,17,18,19). The van der Waals surface area contributed by atoms with Gasteiger partial charge in [-0.25, -0.2) is 4.99 Å². The molecule has 0 aliphatic rings. The van der Waals surface area contributed by atoms with Crippen LogP contribution in [0.5, 0.6) is 0 Å². The summed E-state index contributed by atoms with van der Waals surface area (Å²) < 4.78 is 0. The Morgan fingerprint density at radius 2 is 2.10 bits per heavy atom. The monoisotopic (exact) mass is 303 g/mol. The van der Waals surface area contributed by atoms with Crippen LogP contribution in [0.3, 0.4) is 0 Å². The van der Waals surface area contributed by atoms with Crippen molar-refractivity contribution in [1.82, 2.24) is 0 Å². The van der Waals surface area contributed by atoms with E-state index in [0.717, 1.165) is 10.6 Å². The number of rotatable bonds is 4. The fraction of sp³-hybridized carbons (Fsp3) is 0.312. The molecule has 5 heteroatoms. The van der Waals surface area contributed by atoms with Gasteiger partial charge < -0.3 is 16.2 Å². The number of thiophene rings is 1. The molecule has 2 aromatic rings. The number of anilines is 1. The van der Waals surface area contributed by atoms with Crippen LogP contribution in [0, 0.1) is 13.8 Å². The minimum atomic E-state index is -0.996. The number of benzene rings is 1. The Labute approximate surface area is 129 Å². The van der Waals surface area contributed by atoms with E-state index in [4.69, 9.17) is 5.73 Å². The molecular weight excluding hydrogens is 282 g/mol. The van der Waals surface area contributed by atoms with Crippen molar-refractivity contribution in [2.75, 3.05) is 11.9 Å². The van der Waals surface area contributed by atoms with Gasteiger partial charge >= 0.3 is 0 Å². The lowest BCUT2D eigenvalue weighted by atomic mass is 10.1. The van der Waals surface area contributed by atoms with E-state index in [1.807, 2.05) is 35.7 Å². The number of guanidine groups is 1. The number of hydrogen-bond acceptors (Lipinski definition) is 3. The second kappa shape index (κ2) is 6.28. The highest BCUT2D eigenvalue weighted by Crippen LogP contribution is 2.25. The Kier molecular flexibility index (Phi) is 4.65. The zero-order chi connectivity index (χ0) is 15.5. The first-order valence-corrected chi connectivity index (χ1v) is 7.67. The molecule has 4 nitrogen and oxygen atoms in total. The maximum Gasteiger partial charge on any atom is 0.193 e.